The van der Waals surface area contributed by atoms with Crippen molar-refractivity contribution in [3.63, 3.8) is 0 Å². The monoisotopic (exact) mass is 716 g/mol. The zero-order valence-electron chi connectivity index (χ0n) is 24.2. The topological polar surface area (TPSA) is 88.4 Å². The van der Waals surface area contributed by atoms with Gasteiger partial charge in [0.25, 0.3) is 5.56 Å². The van der Waals surface area contributed by atoms with Crippen molar-refractivity contribution in [2.24, 2.45) is 4.99 Å². The first-order chi connectivity index (χ1) is 21.1. The molecule has 0 N–H and O–H groups in total. The average molecular weight is 718 g/mol. The normalized spacial score (nSPS) is 14.6. The molecular formula is C32H27BrCl2N2O6S. The maximum Gasteiger partial charge on any atom is 0.338 e. The molecule has 0 fully saturated rings. The first-order valence-corrected chi connectivity index (χ1v) is 15.8. The predicted molar refractivity (Wildman–Crippen MR) is 175 cm³/mol. The fourth-order valence-electron chi connectivity index (χ4n) is 4.86. The largest absolute Gasteiger partial charge is 0.493 e. The Kier molecular flexibility index (Phi) is 9.84. The molecule has 3 aromatic carbocycles. The Morgan fingerprint density at radius 1 is 1.05 bits per heavy atom. The van der Waals surface area contributed by atoms with Gasteiger partial charge in [-0.1, -0.05) is 62.6 Å². The molecule has 12 heteroatoms. The second-order valence-corrected chi connectivity index (χ2v) is 12.4. The van der Waals surface area contributed by atoms with Crippen LogP contribution in [-0.2, 0) is 16.1 Å². The van der Waals surface area contributed by atoms with Gasteiger partial charge in [-0.25, -0.2) is 9.79 Å². The highest BCUT2D eigenvalue weighted by Gasteiger charge is 2.35. The Labute approximate surface area is 275 Å². The molecule has 0 radical (unpaired) electrons. The molecular weight excluding hydrogens is 691 g/mol. The average Bonchev–Trinajstić information content (AvgIpc) is 3.29. The summed E-state index contributed by atoms with van der Waals surface area (Å²) >= 11 is 17.3. The van der Waals surface area contributed by atoms with Crippen LogP contribution in [0.15, 0.2) is 80.1 Å². The highest BCUT2D eigenvalue weighted by atomic mass is 79.9. The summed E-state index contributed by atoms with van der Waals surface area (Å²) in [7, 11) is 3.05. The number of hydrogen-bond donors (Lipinski definition) is 0. The van der Waals surface area contributed by atoms with E-state index in [4.69, 9.17) is 42.1 Å². The van der Waals surface area contributed by atoms with Crippen LogP contribution in [-0.4, -0.2) is 31.4 Å². The minimum absolute atomic E-state index is 0.159. The molecule has 44 heavy (non-hydrogen) atoms. The molecule has 2 heterocycles. The van der Waals surface area contributed by atoms with E-state index in [1.807, 2.05) is 18.2 Å². The summed E-state index contributed by atoms with van der Waals surface area (Å²) < 4.78 is 25.0. The number of allylic oxidation sites excluding steroid dienone is 1. The van der Waals surface area contributed by atoms with Gasteiger partial charge in [0, 0.05) is 20.1 Å². The number of rotatable bonds is 9. The summed E-state index contributed by atoms with van der Waals surface area (Å²) in [4.78, 5) is 32.6. The van der Waals surface area contributed by atoms with E-state index in [0.717, 1.165) is 5.56 Å². The van der Waals surface area contributed by atoms with Gasteiger partial charge < -0.3 is 18.9 Å². The van der Waals surface area contributed by atoms with E-state index < -0.39 is 12.0 Å². The van der Waals surface area contributed by atoms with Crippen molar-refractivity contribution in [3.05, 3.63) is 117 Å². The smallest absolute Gasteiger partial charge is 0.338 e. The zero-order chi connectivity index (χ0) is 31.5. The number of nitrogens with zero attached hydrogens (tertiary/aromatic N) is 2. The molecule has 1 aliphatic rings. The maximum atomic E-state index is 14.2. The second-order valence-electron chi connectivity index (χ2n) is 9.63. The summed E-state index contributed by atoms with van der Waals surface area (Å²) in [6, 6.07) is 15.2. The second kappa shape index (κ2) is 13.6. The summed E-state index contributed by atoms with van der Waals surface area (Å²) in [6.45, 7) is 3.87. The maximum absolute atomic E-state index is 14.2. The third-order valence-corrected chi connectivity index (χ3v) is 9.00. The van der Waals surface area contributed by atoms with Gasteiger partial charge >= 0.3 is 5.97 Å². The third kappa shape index (κ3) is 6.44. The van der Waals surface area contributed by atoms with Gasteiger partial charge in [-0.3, -0.25) is 9.36 Å². The summed E-state index contributed by atoms with van der Waals surface area (Å²) in [6.07, 6.45) is 1.72. The van der Waals surface area contributed by atoms with E-state index in [1.54, 1.807) is 56.3 Å². The molecule has 0 aliphatic carbocycles. The van der Waals surface area contributed by atoms with Gasteiger partial charge in [0.15, 0.2) is 16.3 Å². The Morgan fingerprint density at radius 3 is 2.48 bits per heavy atom. The van der Waals surface area contributed by atoms with Crippen LogP contribution in [0.1, 0.15) is 36.6 Å². The van der Waals surface area contributed by atoms with Crippen molar-refractivity contribution >= 4 is 62.5 Å². The Morgan fingerprint density at radius 2 is 1.77 bits per heavy atom. The highest BCUT2D eigenvalue weighted by molar-refractivity contribution is 9.10. The van der Waals surface area contributed by atoms with E-state index in [1.165, 1.54) is 30.1 Å². The van der Waals surface area contributed by atoms with Gasteiger partial charge in [0.2, 0.25) is 0 Å². The molecule has 1 atom stereocenters. The standard InChI is InChI=1S/C32H27BrCl2N2O6S/c1-5-42-31(39)28-17(2)36-32-37(29(28)22-14-25(40-3)26(41-4)15-23(22)33)30(38)27(44-32)13-19-12-21(35)9-10-24(19)43-16-18-7-6-8-20(34)11-18/h6-15,29H,5,16H2,1-4H3/b27-13-/t29-/m1/s1. The highest BCUT2D eigenvalue weighted by Crippen LogP contribution is 2.41. The Hall–Kier alpha value is -3.57. The van der Waals surface area contributed by atoms with E-state index in [9.17, 15) is 9.59 Å². The lowest BCUT2D eigenvalue weighted by Crippen LogP contribution is -2.40. The van der Waals surface area contributed by atoms with E-state index in [-0.39, 0.29) is 24.3 Å². The number of ether oxygens (including phenoxy) is 4. The van der Waals surface area contributed by atoms with Gasteiger partial charge in [-0.15, -0.1) is 0 Å². The first kappa shape index (κ1) is 31.8. The molecule has 4 aromatic rings. The van der Waals surface area contributed by atoms with Gasteiger partial charge in [-0.05, 0) is 73.5 Å². The van der Waals surface area contributed by atoms with Crippen molar-refractivity contribution in [1.29, 1.82) is 0 Å². The molecule has 0 bridgehead atoms. The number of fused-ring (bicyclic) bond motifs is 1. The fraction of sp³-hybridized carbons (Fsp3) is 0.219. The number of carbonyl (C=O) groups is 1. The van der Waals surface area contributed by atoms with E-state index >= 15 is 0 Å². The van der Waals surface area contributed by atoms with Crippen LogP contribution >= 0.6 is 50.5 Å². The number of carbonyl (C=O) groups excluding carboxylic acids is 1. The van der Waals surface area contributed by atoms with Crippen LogP contribution in [0, 0.1) is 0 Å². The van der Waals surface area contributed by atoms with E-state index in [2.05, 4.69) is 20.9 Å². The predicted octanol–water partition coefficient (Wildman–Crippen LogP) is 6.46. The van der Waals surface area contributed by atoms with Crippen LogP contribution in [0.25, 0.3) is 6.08 Å². The fourth-order valence-corrected chi connectivity index (χ4v) is 6.83. The Bertz CT molecular complexity index is 1970. The van der Waals surface area contributed by atoms with Crippen LogP contribution in [0.3, 0.4) is 0 Å². The number of hydrogen-bond acceptors (Lipinski definition) is 8. The minimum atomic E-state index is -0.862. The SMILES string of the molecule is CCOC(=O)C1=C(C)N=c2s/c(=C\c3cc(Cl)ccc3OCc3cccc(Cl)c3)c(=O)n2[C@@H]1c1cc(OC)c(OC)cc1Br. The third-order valence-electron chi connectivity index (χ3n) is 6.86. The van der Waals surface area contributed by atoms with Crippen molar-refractivity contribution in [2.45, 2.75) is 26.5 Å². The zero-order valence-corrected chi connectivity index (χ0v) is 28.1. The quantitative estimate of drug-likeness (QED) is 0.185. The van der Waals surface area contributed by atoms with Crippen LogP contribution in [0.5, 0.6) is 17.2 Å². The van der Waals surface area contributed by atoms with E-state index in [0.29, 0.717) is 57.9 Å². The lowest BCUT2D eigenvalue weighted by molar-refractivity contribution is -0.139. The molecule has 1 aliphatic heterocycles. The molecule has 228 valence electrons. The summed E-state index contributed by atoms with van der Waals surface area (Å²) in [5.41, 5.74) is 2.43. The van der Waals surface area contributed by atoms with Crippen LogP contribution in [0.2, 0.25) is 10.0 Å². The molecule has 0 spiro atoms. The summed E-state index contributed by atoms with van der Waals surface area (Å²) in [5, 5.41) is 1.09. The van der Waals surface area contributed by atoms with Gasteiger partial charge in [-0.2, -0.15) is 0 Å². The number of esters is 1. The summed E-state index contributed by atoms with van der Waals surface area (Å²) in [5.74, 6) is 0.885. The lowest BCUT2D eigenvalue weighted by Gasteiger charge is -2.26. The molecule has 8 nitrogen and oxygen atoms in total. The Balaban J connectivity index is 1.67. The van der Waals surface area contributed by atoms with Crippen molar-refractivity contribution in [2.75, 3.05) is 20.8 Å². The number of halogens is 3. The number of thiazole rings is 1. The molecule has 0 amide bonds. The lowest BCUT2D eigenvalue weighted by atomic mass is 9.95. The molecule has 0 unspecified atom stereocenters. The molecule has 0 saturated heterocycles. The van der Waals surface area contributed by atoms with Crippen molar-refractivity contribution in [3.8, 4) is 17.2 Å². The molecule has 0 saturated carbocycles. The number of methoxy groups -OCH3 is 2. The first-order valence-electron chi connectivity index (χ1n) is 13.4. The van der Waals surface area contributed by atoms with Crippen LogP contribution in [0.4, 0.5) is 0 Å². The van der Waals surface area contributed by atoms with Gasteiger partial charge in [0.05, 0.1) is 42.7 Å². The van der Waals surface area contributed by atoms with Crippen molar-refractivity contribution in [1.82, 2.24) is 4.57 Å². The van der Waals surface area contributed by atoms with Crippen LogP contribution < -0.4 is 29.1 Å². The van der Waals surface area contributed by atoms with Gasteiger partial charge in [0.1, 0.15) is 12.4 Å². The number of benzene rings is 3. The molecule has 5 rings (SSSR count). The van der Waals surface area contributed by atoms with Crippen molar-refractivity contribution < 1.29 is 23.7 Å². The number of aromatic nitrogens is 1. The minimum Gasteiger partial charge on any atom is -0.493 e. The molecule has 1 aromatic heterocycles.